The molecule has 1 aliphatic rings. The van der Waals surface area contributed by atoms with Gasteiger partial charge in [0.15, 0.2) is 17.1 Å². The Morgan fingerprint density at radius 3 is 2.61 bits per heavy atom. The van der Waals surface area contributed by atoms with E-state index in [9.17, 15) is 9.59 Å². The number of hydrogen-bond acceptors (Lipinski definition) is 8. The molecule has 6 aromatic rings. The quantitative estimate of drug-likeness (QED) is 0.284. The average Bonchev–Trinajstić information content (AvgIpc) is 3.52. The topological polar surface area (TPSA) is 136 Å². The number of carbonyl (C=O) groups is 1. The van der Waals surface area contributed by atoms with Crippen LogP contribution in [0.2, 0.25) is 0 Å². The van der Waals surface area contributed by atoms with E-state index >= 15 is 0 Å². The van der Waals surface area contributed by atoms with Gasteiger partial charge in [0.1, 0.15) is 12.7 Å². The summed E-state index contributed by atoms with van der Waals surface area (Å²) >= 11 is 0. The Hall–Kier alpha value is -5.71. The van der Waals surface area contributed by atoms with Crippen LogP contribution in [0.1, 0.15) is 10.4 Å². The Bertz CT molecular complexity index is 1960. The molecule has 4 heterocycles. The molecule has 7 rings (SSSR count). The number of fused-ring (bicyclic) bond motifs is 4. The monoisotopic (exact) mass is 545 g/mol. The zero-order valence-corrected chi connectivity index (χ0v) is 21.6. The summed E-state index contributed by atoms with van der Waals surface area (Å²) in [5.41, 5.74) is 2.67. The standard InChI is InChI=1S/C30H23N7O4/c38-28(34-19-7-3-1-4-8-19)18-11-12-24-25(13-18)40-17-21(41-24)14-31-30-32-15-22-26-23(16-33-36-26)29(39)37(27(22)35-30)20-9-5-2-6-10-20/h1-13,15-16,21H,14,17H2,(H,33,36)(H,34,38)(H,31,32,35). The molecule has 1 aliphatic heterocycles. The number of nitrogens with zero attached hydrogens (tertiary/aromatic N) is 4. The Labute approximate surface area is 232 Å². The van der Waals surface area contributed by atoms with Crippen LogP contribution in [0.4, 0.5) is 11.6 Å². The summed E-state index contributed by atoms with van der Waals surface area (Å²) < 4.78 is 13.6. The van der Waals surface area contributed by atoms with Crippen molar-refractivity contribution in [2.75, 3.05) is 23.8 Å². The van der Waals surface area contributed by atoms with Crippen LogP contribution in [0.25, 0.3) is 27.6 Å². The summed E-state index contributed by atoms with van der Waals surface area (Å²) in [6.07, 6.45) is 2.84. The highest BCUT2D eigenvalue weighted by Gasteiger charge is 2.23. The number of carbonyl (C=O) groups excluding carboxylic acids is 1. The highest BCUT2D eigenvalue weighted by atomic mass is 16.6. The third-order valence-electron chi connectivity index (χ3n) is 6.78. The van der Waals surface area contributed by atoms with Gasteiger partial charge in [-0.05, 0) is 42.5 Å². The smallest absolute Gasteiger partial charge is 0.267 e. The number of ether oxygens (including phenoxy) is 2. The molecule has 0 saturated carbocycles. The van der Waals surface area contributed by atoms with Crippen molar-refractivity contribution in [3.8, 4) is 17.2 Å². The first kappa shape index (κ1) is 24.3. The second-order valence-electron chi connectivity index (χ2n) is 9.48. The van der Waals surface area contributed by atoms with E-state index in [1.165, 1.54) is 6.20 Å². The Morgan fingerprint density at radius 2 is 1.78 bits per heavy atom. The minimum atomic E-state index is -0.336. The lowest BCUT2D eigenvalue weighted by atomic mass is 10.1. The molecule has 3 N–H and O–H groups in total. The van der Waals surface area contributed by atoms with E-state index in [1.54, 1.807) is 29.0 Å². The van der Waals surface area contributed by atoms with Gasteiger partial charge < -0.3 is 20.1 Å². The minimum absolute atomic E-state index is 0.227. The van der Waals surface area contributed by atoms with Crippen molar-refractivity contribution in [1.82, 2.24) is 24.7 Å². The molecule has 0 bridgehead atoms. The van der Waals surface area contributed by atoms with Crippen molar-refractivity contribution in [3.05, 3.63) is 107 Å². The highest BCUT2D eigenvalue weighted by molar-refractivity contribution is 6.04. The highest BCUT2D eigenvalue weighted by Crippen LogP contribution is 2.33. The van der Waals surface area contributed by atoms with Crippen LogP contribution >= 0.6 is 0 Å². The zero-order valence-electron chi connectivity index (χ0n) is 21.6. The number of benzene rings is 3. The van der Waals surface area contributed by atoms with Gasteiger partial charge in [-0.25, -0.2) is 4.98 Å². The van der Waals surface area contributed by atoms with Gasteiger partial charge in [-0.2, -0.15) is 10.1 Å². The molecule has 1 amide bonds. The third-order valence-corrected chi connectivity index (χ3v) is 6.78. The predicted octanol–water partition coefficient (Wildman–Crippen LogP) is 4.16. The second kappa shape index (κ2) is 10.1. The van der Waals surface area contributed by atoms with Crippen LogP contribution in [0.15, 0.2) is 96.1 Å². The number of pyridine rings is 1. The summed E-state index contributed by atoms with van der Waals surface area (Å²) in [7, 11) is 0. The molecule has 0 saturated heterocycles. The van der Waals surface area contributed by atoms with Crippen molar-refractivity contribution in [2.45, 2.75) is 6.10 Å². The van der Waals surface area contributed by atoms with E-state index in [1.807, 2.05) is 60.7 Å². The van der Waals surface area contributed by atoms with Crippen LogP contribution in [0, 0.1) is 0 Å². The molecule has 3 aromatic heterocycles. The molecule has 1 unspecified atom stereocenters. The van der Waals surface area contributed by atoms with Gasteiger partial charge in [0.25, 0.3) is 11.5 Å². The van der Waals surface area contributed by atoms with Crippen molar-refractivity contribution < 1.29 is 14.3 Å². The van der Waals surface area contributed by atoms with Gasteiger partial charge >= 0.3 is 0 Å². The number of anilines is 2. The van der Waals surface area contributed by atoms with Gasteiger partial charge in [-0.15, -0.1) is 0 Å². The van der Waals surface area contributed by atoms with Crippen LogP contribution in [0.3, 0.4) is 0 Å². The van der Waals surface area contributed by atoms with E-state index in [0.29, 0.717) is 62.9 Å². The fourth-order valence-corrected chi connectivity index (χ4v) is 4.78. The number of hydrogen-bond donors (Lipinski definition) is 3. The molecular formula is C30H23N7O4. The van der Waals surface area contributed by atoms with Gasteiger partial charge in [-0.1, -0.05) is 36.4 Å². The zero-order chi connectivity index (χ0) is 27.8. The van der Waals surface area contributed by atoms with E-state index in [0.717, 1.165) is 0 Å². The van der Waals surface area contributed by atoms with Crippen molar-refractivity contribution >= 4 is 39.5 Å². The molecule has 0 spiro atoms. The van der Waals surface area contributed by atoms with Gasteiger partial charge in [0.2, 0.25) is 5.95 Å². The van der Waals surface area contributed by atoms with Gasteiger partial charge in [-0.3, -0.25) is 19.3 Å². The Kier molecular flexibility index (Phi) is 6.01. The molecule has 0 radical (unpaired) electrons. The summed E-state index contributed by atoms with van der Waals surface area (Å²) in [6.45, 7) is 0.615. The summed E-state index contributed by atoms with van der Waals surface area (Å²) in [6, 6.07) is 23.7. The number of amides is 1. The molecule has 0 aliphatic carbocycles. The summed E-state index contributed by atoms with van der Waals surface area (Å²) in [5.74, 6) is 1.14. The van der Waals surface area contributed by atoms with E-state index in [-0.39, 0.29) is 24.2 Å². The normalized spacial score (nSPS) is 14.2. The first-order valence-corrected chi connectivity index (χ1v) is 13.0. The Balaban J connectivity index is 1.09. The number of rotatable bonds is 6. The number of aromatic amines is 1. The fraction of sp³-hybridized carbons (Fsp3) is 0.100. The molecule has 0 fully saturated rings. The summed E-state index contributed by atoms with van der Waals surface area (Å²) in [4.78, 5) is 35.2. The number of H-pyrrole nitrogens is 1. The average molecular weight is 546 g/mol. The molecule has 1 atom stereocenters. The Morgan fingerprint density at radius 1 is 0.976 bits per heavy atom. The van der Waals surface area contributed by atoms with E-state index in [4.69, 9.17) is 9.47 Å². The van der Waals surface area contributed by atoms with Crippen LogP contribution in [0.5, 0.6) is 11.5 Å². The third kappa shape index (κ3) is 4.59. The maximum atomic E-state index is 13.4. The van der Waals surface area contributed by atoms with Crippen LogP contribution < -0.4 is 25.7 Å². The van der Waals surface area contributed by atoms with Crippen LogP contribution in [-0.4, -0.2) is 49.9 Å². The van der Waals surface area contributed by atoms with Gasteiger partial charge in [0, 0.05) is 17.4 Å². The minimum Gasteiger partial charge on any atom is -0.486 e. The molecule has 3 aromatic carbocycles. The maximum Gasteiger partial charge on any atom is 0.267 e. The number of nitrogens with one attached hydrogen (secondary N) is 3. The SMILES string of the molecule is O=C(Nc1ccccc1)c1ccc2c(c1)OCC(CNc1ncc3c4[nH]ncc4c(=O)n(-c4ccccc4)c3n1)O2. The van der Waals surface area contributed by atoms with Crippen LogP contribution in [-0.2, 0) is 0 Å². The number of aromatic nitrogens is 5. The summed E-state index contributed by atoms with van der Waals surface area (Å²) in [5, 5.41) is 14.1. The molecule has 202 valence electrons. The largest absolute Gasteiger partial charge is 0.486 e. The fourth-order valence-electron chi connectivity index (χ4n) is 4.78. The molecule has 11 heteroatoms. The molecular weight excluding hydrogens is 522 g/mol. The molecule has 11 nitrogen and oxygen atoms in total. The number of para-hydroxylation sites is 2. The lowest BCUT2D eigenvalue weighted by Crippen LogP contribution is -2.35. The first-order valence-electron chi connectivity index (χ1n) is 13.0. The van der Waals surface area contributed by atoms with E-state index in [2.05, 4.69) is 30.8 Å². The lowest BCUT2D eigenvalue weighted by molar-refractivity contribution is 0.0980. The second-order valence-corrected chi connectivity index (χ2v) is 9.48. The van der Waals surface area contributed by atoms with Gasteiger partial charge in [0.05, 0.1) is 34.7 Å². The first-order chi connectivity index (χ1) is 20.1. The van der Waals surface area contributed by atoms with E-state index < -0.39 is 0 Å². The van der Waals surface area contributed by atoms with Crippen molar-refractivity contribution in [1.29, 1.82) is 0 Å². The van der Waals surface area contributed by atoms with Crippen molar-refractivity contribution in [3.63, 3.8) is 0 Å². The van der Waals surface area contributed by atoms with Crippen molar-refractivity contribution in [2.24, 2.45) is 0 Å². The maximum absolute atomic E-state index is 13.4. The predicted molar refractivity (Wildman–Crippen MR) is 154 cm³/mol. The lowest BCUT2D eigenvalue weighted by Gasteiger charge is -2.27. The molecule has 41 heavy (non-hydrogen) atoms.